The molecule has 0 saturated heterocycles. The van der Waals surface area contributed by atoms with Crippen molar-refractivity contribution < 1.29 is 23.1 Å². The minimum atomic E-state index is -2.28. The molecule has 0 unspecified atom stereocenters. The minimum absolute atomic E-state index is 0.0457. The molecule has 2 aliphatic carbocycles. The zero-order valence-electron chi connectivity index (χ0n) is 35.7. The number of benzene rings is 2. The molecule has 0 N–H and O–H groups in total. The van der Waals surface area contributed by atoms with Gasteiger partial charge in [-0.1, -0.05) is 137 Å². The zero-order chi connectivity index (χ0) is 39.4. The molecule has 7 heteroatoms. The maximum absolute atomic E-state index is 14.5. The summed E-state index contributed by atoms with van der Waals surface area (Å²) in [5.74, 6) is 1.18. The van der Waals surface area contributed by atoms with Crippen molar-refractivity contribution in [3.8, 4) is 0 Å². The van der Waals surface area contributed by atoms with Crippen LogP contribution < -0.4 is 0 Å². The van der Waals surface area contributed by atoms with Crippen molar-refractivity contribution in [2.24, 2.45) is 11.3 Å². The van der Waals surface area contributed by atoms with E-state index in [1.54, 1.807) is 0 Å². The van der Waals surface area contributed by atoms with E-state index in [0.717, 1.165) is 54.6 Å². The first-order valence-corrected chi connectivity index (χ1v) is 25.4. The lowest BCUT2D eigenvalue weighted by atomic mass is 9.64. The number of carbonyl (C=O) groups excluding carboxylic acids is 1. The number of carbonyl (C=O) groups is 1. The molecule has 294 valence electrons. The number of rotatable bonds is 16. The summed E-state index contributed by atoms with van der Waals surface area (Å²) in [6, 6.07) is 20.7. The molecule has 0 heterocycles. The van der Waals surface area contributed by atoms with E-state index < -0.39 is 28.3 Å². The number of ether oxygens (including phenoxy) is 2. The van der Waals surface area contributed by atoms with Crippen LogP contribution in [0.3, 0.4) is 0 Å². The fourth-order valence-corrected chi connectivity index (χ4v) is 15.4. The zero-order valence-corrected chi connectivity index (χ0v) is 37.7. The number of Topliss-reactive ketones (excluding diaryl/α,β-unsaturated/α-hetero) is 1. The molecule has 0 bridgehead atoms. The monoisotopic (exact) mass is 760 g/mol. The molecule has 5 nitrogen and oxygen atoms in total. The number of hydrogen-bond donors (Lipinski definition) is 0. The molecule has 4 rings (SSSR count). The number of hydrogen-bond acceptors (Lipinski definition) is 5. The Morgan fingerprint density at radius 1 is 0.811 bits per heavy atom. The fourth-order valence-electron chi connectivity index (χ4n) is 8.66. The average molecular weight is 761 g/mol. The molecule has 2 aliphatic rings. The average Bonchev–Trinajstić information content (AvgIpc) is 3.08. The van der Waals surface area contributed by atoms with E-state index in [0.29, 0.717) is 29.8 Å². The predicted octanol–water partition coefficient (Wildman–Crippen LogP) is 13.1. The van der Waals surface area contributed by atoms with Crippen molar-refractivity contribution in [2.75, 3.05) is 0 Å². The van der Waals surface area contributed by atoms with Gasteiger partial charge in [-0.3, -0.25) is 4.79 Å². The summed E-state index contributed by atoms with van der Waals surface area (Å²) in [5, 5.41) is 0.0577. The van der Waals surface area contributed by atoms with Crippen LogP contribution in [0.1, 0.15) is 126 Å². The summed E-state index contributed by atoms with van der Waals surface area (Å²) in [6.07, 6.45) is 3.74. The van der Waals surface area contributed by atoms with Crippen molar-refractivity contribution in [1.82, 2.24) is 0 Å². The van der Waals surface area contributed by atoms with Gasteiger partial charge in [0.15, 0.2) is 20.4 Å². The summed E-state index contributed by atoms with van der Waals surface area (Å²) in [4.78, 5) is 14.5. The van der Waals surface area contributed by atoms with Crippen molar-refractivity contribution in [1.29, 1.82) is 0 Å². The van der Waals surface area contributed by atoms with E-state index in [4.69, 9.17) is 18.3 Å². The van der Waals surface area contributed by atoms with Crippen molar-refractivity contribution >= 4 is 22.4 Å². The Morgan fingerprint density at radius 2 is 1.30 bits per heavy atom. The van der Waals surface area contributed by atoms with Crippen LogP contribution in [0, 0.1) is 11.3 Å². The molecule has 2 aromatic rings. The van der Waals surface area contributed by atoms with Gasteiger partial charge in [-0.15, -0.1) is 0 Å². The van der Waals surface area contributed by atoms with Gasteiger partial charge < -0.3 is 18.3 Å². The predicted molar refractivity (Wildman–Crippen MR) is 226 cm³/mol. The van der Waals surface area contributed by atoms with E-state index in [1.807, 2.05) is 19.1 Å². The Morgan fingerprint density at radius 3 is 1.75 bits per heavy atom. The van der Waals surface area contributed by atoms with Gasteiger partial charge in [-0.2, -0.15) is 0 Å². The summed E-state index contributed by atoms with van der Waals surface area (Å²) < 4.78 is 28.3. The summed E-state index contributed by atoms with van der Waals surface area (Å²) in [5.41, 5.74) is 6.21. The molecule has 53 heavy (non-hydrogen) atoms. The van der Waals surface area contributed by atoms with Gasteiger partial charge in [0.1, 0.15) is 0 Å². The van der Waals surface area contributed by atoms with E-state index in [9.17, 15) is 4.79 Å². The van der Waals surface area contributed by atoms with Gasteiger partial charge in [0.25, 0.3) is 8.32 Å². The van der Waals surface area contributed by atoms with Crippen molar-refractivity contribution in [3.05, 3.63) is 94.3 Å². The van der Waals surface area contributed by atoms with Gasteiger partial charge in [-0.05, 0) is 95.6 Å². The second-order valence-corrected chi connectivity index (χ2v) is 29.0. The van der Waals surface area contributed by atoms with E-state index in [2.05, 4.69) is 138 Å². The number of ketones is 1. The van der Waals surface area contributed by atoms with Crippen LogP contribution >= 0.6 is 0 Å². The molecule has 0 spiro atoms. The Bertz CT molecular complexity index is 1500. The lowest BCUT2D eigenvalue weighted by Crippen LogP contribution is -2.49. The van der Waals surface area contributed by atoms with Crippen LogP contribution in [-0.4, -0.2) is 34.8 Å². The molecule has 2 atom stereocenters. The highest BCUT2D eigenvalue weighted by Gasteiger charge is 2.51. The highest BCUT2D eigenvalue weighted by molar-refractivity contribution is 6.78. The minimum Gasteiger partial charge on any atom is -0.545 e. The van der Waals surface area contributed by atoms with Crippen LogP contribution in [0.5, 0.6) is 0 Å². The largest absolute Gasteiger partial charge is 0.545 e. The van der Waals surface area contributed by atoms with Crippen LogP contribution in [0.2, 0.25) is 34.8 Å². The molecule has 0 aliphatic heterocycles. The third kappa shape index (κ3) is 9.93. The first-order valence-electron chi connectivity index (χ1n) is 20.4. The molecule has 0 radical (unpaired) electrons. The molecular weight excluding hydrogens is 689 g/mol. The molecule has 2 aromatic carbocycles. The van der Waals surface area contributed by atoms with E-state index in [1.165, 1.54) is 11.1 Å². The topological polar surface area (TPSA) is 54.0 Å². The van der Waals surface area contributed by atoms with E-state index in [-0.39, 0.29) is 22.8 Å². The lowest BCUT2D eigenvalue weighted by molar-refractivity contribution is -0.136. The highest BCUT2D eigenvalue weighted by atomic mass is 28.4. The maximum atomic E-state index is 14.5. The molecule has 0 saturated carbocycles. The standard InChI is InChI=1S/C46H72O5Si2/c1-32(2)53(33(3)4,34(5)6)51-42-29-38(46(11,12)43(47)35(42)7)28-40-39(26-21-27-41(40)50-52(13,14)45(8,9)10)44(48-30-36-22-17-15-18-23-36)49-31-37-24-19-16-20-25-37/h15-20,22-25,32-34,38,41,44H,21,26-31H2,1-14H3/t38-,41-/m0/s1. The van der Waals surface area contributed by atoms with Crippen LogP contribution in [0.25, 0.3) is 0 Å². The summed E-state index contributed by atoms with van der Waals surface area (Å²) in [7, 11) is -4.44. The van der Waals surface area contributed by atoms with Crippen LogP contribution in [-0.2, 0) is 36.3 Å². The summed E-state index contributed by atoms with van der Waals surface area (Å²) in [6.45, 7) is 32.8. The second kappa shape index (κ2) is 17.7. The Hall–Kier alpha value is -2.30. The van der Waals surface area contributed by atoms with Gasteiger partial charge in [0.05, 0.1) is 25.1 Å². The van der Waals surface area contributed by atoms with Gasteiger partial charge >= 0.3 is 0 Å². The first kappa shape index (κ1) is 43.4. The molecular formula is C46H72O5Si2. The first-order chi connectivity index (χ1) is 24.7. The third-order valence-corrected chi connectivity index (χ3v) is 23.5. The van der Waals surface area contributed by atoms with Crippen molar-refractivity contribution in [2.45, 2.75) is 176 Å². The van der Waals surface area contributed by atoms with Crippen molar-refractivity contribution in [3.63, 3.8) is 0 Å². The Labute approximate surface area is 325 Å². The Balaban J connectivity index is 1.82. The SMILES string of the molecule is CC1=C(O[Si](C(C)C)(C(C)C)C(C)C)C[C@H](CC2=C(C(OCc3ccccc3)OCc3ccccc3)CCC[C@@H]2O[Si](C)(C)C(C)(C)C)C(C)(C)C1=O. The number of allylic oxidation sites excluding steroid dienone is 2. The second-order valence-electron chi connectivity index (χ2n) is 18.9. The van der Waals surface area contributed by atoms with Crippen LogP contribution in [0.15, 0.2) is 83.1 Å². The fraction of sp³-hybridized carbons (Fsp3) is 0.630. The quantitative estimate of drug-likeness (QED) is 0.0969. The molecule has 0 aromatic heterocycles. The molecule has 0 fully saturated rings. The van der Waals surface area contributed by atoms with Crippen LogP contribution in [0.4, 0.5) is 0 Å². The molecule has 0 amide bonds. The highest BCUT2D eigenvalue weighted by Crippen LogP contribution is 2.51. The Kier molecular flexibility index (Phi) is 14.5. The van der Waals surface area contributed by atoms with E-state index >= 15 is 0 Å². The van der Waals surface area contributed by atoms with Gasteiger partial charge in [0, 0.05) is 17.4 Å². The van der Waals surface area contributed by atoms with Gasteiger partial charge in [-0.25, -0.2) is 0 Å². The third-order valence-electron chi connectivity index (χ3n) is 13.0. The normalized spacial score (nSPS) is 20.4. The summed E-state index contributed by atoms with van der Waals surface area (Å²) >= 11 is 0. The lowest BCUT2D eigenvalue weighted by Gasteiger charge is -2.47. The maximum Gasteiger partial charge on any atom is 0.258 e. The van der Waals surface area contributed by atoms with Gasteiger partial charge in [0.2, 0.25) is 0 Å². The smallest absolute Gasteiger partial charge is 0.258 e.